The van der Waals surface area contributed by atoms with Crippen molar-refractivity contribution in [3.05, 3.63) is 29.8 Å². The van der Waals surface area contributed by atoms with Crippen molar-refractivity contribution in [2.75, 3.05) is 7.11 Å². The van der Waals surface area contributed by atoms with Gasteiger partial charge in [-0.25, -0.2) is 0 Å². The molecule has 2 saturated heterocycles. The van der Waals surface area contributed by atoms with E-state index in [4.69, 9.17) is 23.7 Å². The van der Waals surface area contributed by atoms with Crippen LogP contribution < -0.4 is 4.74 Å². The van der Waals surface area contributed by atoms with Gasteiger partial charge in [-0.05, 0) is 18.9 Å². The smallest absolute Gasteiger partial charge is 0.190 e. The van der Waals surface area contributed by atoms with Gasteiger partial charge in [-0.3, -0.25) is 0 Å². The molecule has 0 aliphatic carbocycles. The molecule has 5 atom stereocenters. The Bertz CT molecular complexity index is 621. The van der Waals surface area contributed by atoms with Gasteiger partial charge in [-0.2, -0.15) is 0 Å². The van der Waals surface area contributed by atoms with Crippen molar-refractivity contribution >= 4 is 0 Å². The predicted octanol–water partition coefficient (Wildman–Crippen LogP) is 5.60. The second-order valence-electron chi connectivity index (χ2n) is 8.24. The highest BCUT2D eigenvalue weighted by atomic mass is 16.8. The van der Waals surface area contributed by atoms with Gasteiger partial charge in [0.15, 0.2) is 12.1 Å². The molecule has 3 rings (SSSR count). The number of para-hydroxylation sites is 1. The van der Waals surface area contributed by atoms with E-state index in [1.165, 1.54) is 0 Å². The number of hydrogen-bond acceptors (Lipinski definition) is 5. The molecule has 29 heavy (non-hydrogen) atoms. The average Bonchev–Trinajstić information content (AvgIpc) is 3.23. The summed E-state index contributed by atoms with van der Waals surface area (Å²) >= 11 is 0. The summed E-state index contributed by atoms with van der Waals surface area (Å²) in [7, 11) is 1.69. The molecule has 5 heteroatoms. The highest BCUT2D eigenvalue weighted by Gasteiger charge is 2.57. The number of unbranched alkanes of at least 4 members (excludes halogenated alkanes) is 2. The lowest BCUT2D eigenvalue weighted by Crippen LogP contribution is -2.39. The molecule has 0 amide bonds. The minimum absolute atomic E-state index is 0.00505. The van der Waals surface area contributed by atoms with Crippen LogP contribution in [0.5, 0.6) is 5.75 Å². The van der Waals surface area contributed by atoms with Crippen LogP contribution in [-0.2, 0) is 25.6 Å². The van der Waals surface area contributed by atoms with Gasteiger partial charge in [0.25, 0.3) is 0 Å². The van der Waals surface area contributed by atoms with Crippen LogP contribution in [0.25, 0.3) is 0 Å². The lowest BCUT2D eigenvalue weighted by molar-refractivity contribution is -0.244. The number of ether oxygens (including phenoxy) is 5. The summed E-state index contributed by atoms with van der Waals surface area (Å²) in [5, 5.41) is 0. The third kappa shape index (κ3) is 5.32. The van der Waals surface area contributed by atoms with Gasteiger partial charge in [0.05, 0.1) is 19.8 Å². The standard InChI is InChI=1S/C24H38O5/c1-5-8-13-20-21(26-17-18-12-10-11-14-19(18)25-4)22-23(27-20)29-24(28-22,15-7-3)16-9-6-2/h10-12,14,20-23H,5-9,13,15-17H2,1-4H3/t20-,21+,22-,23-,24?/m1/s1. The number of hydrogen-bond donors (Lipinski definition) is 0. The summed E-state index contributed by atoms with van der Waals surface area (Å²) in [6, 6.07) is 7.99. The van der Waals surface area contributed by atoms with Crippen molar-refractivity contribution in [1.82, 2.24) is 0 Å². The minimum atomic E-state index is -0.526. The third-order valence-corrected chi connectivity index (χ3v) is 5.96. The zero-order valence-corrected chi connectivity index (χ0v) is 18.5. The molecule has 5 nitrogen and oxygen atoms in total. The van der Waals surface area contributed by atoms with Crippen LogP contribution in [0.3, 0.4) is 0 Å². The van der Waals surface area contributed by atoms with Crippen molar-refractivity contribution in [1.29, 1.82) is 0 Å². The van der Waals surface area contributed by atoms with Crippen LogP contribution in [-0.4, -0.2) is 37.5 Å². The fourth-order valence-electron chi connectivity index (χ4n) is 4.43. The van der Waals surface area contributed by atoms with Crippen molar-refractivity contribution < 1.29 is 23.7 Å². The first-order chi connectivity index (χ1) is 14.2. The number of rotatable bonds is 12. The Morgan fingerprint density at radius 1 is 0.966 bits per heavy atom. The zero-order chi connectivity index (χ0) is 20.7. The van der Waals surface area contributed by atoms with E-state index in [1.54, 1.807) is 7.11 Å². The molecule has 1 unspecified atom stereocenters. The highest BCUT2D eigenvalue weighted by Crippen LogP contribution is 2.44. The SMILES string of the molecule is CCCC[C@H]1O[C@@H]2OC(CCC)(CCCC)O[C@@H]2[C@H]1OCc1ccccc1OC. The van der Waals surface area contributed by atoms with E-state index < -0.39 is 5.79 Å². The zero-order valence-electron chi connectivity index (χ0n) is 18.5. The van der Waals surface area contributed by atoms with E-state index in [9.17, 15) is 0 Å². The van der Waals surface area contributed by atoms with Gasteiger partial charge in [-0.15, -0.1) is 0 Å². The summed E-state index contributed by atoms with van der Waals surface area (Å²) in [6.07, 6.45) is 7.61. The average molecular weight is 407 g/mol. The first kappa shape index (κ1) is 22.5. The maximum Gasteiger partial charge on any atom is 0.190 e. The molecule has 0 spiro atoms. The Morgan fingerprint density at radius 2 is 1.76 bits per heavy atom. The van der Waals surface area contributed by atoms with E-state index in [1.807, 2.05) is 24.3 Å². The number of benzene rings is 1. The van der Waals surface area contributed by atoms with Crippen LogP contribution >= 0.6 is 0 Å². The number of methoxy groups -OCH3 is 1. The topological polar surface area (TPSA) is 46.2 Å². The molecule has 0 N–H and O–H groups in total. The molecular weight excluding hydrogens is 368 g/mol. The van der Waals surface area contributed by atoms with E-state index in [0.717, 1.165) is 62.7 Å². The van der Waals surface area contributed by atoms with E-state index in [2.05, 4.69) is 20.8 Å². The summed E-state index contributed by atoms with van der Waals surface area (Å²) < 4.78 is 31.2. The van der Waals surface area contributed by atoms with Gasteiger partial charge in [0.1, 0.15) is 18.0 Å². The monoisotopic (exact) mass is 406 g/mol. The third-order valence-electron chi connectivity index (χ3n) is 5.96. The van der Waals surface area contributed by atoms with Crippen molar-refractivity contribution in [2.45, 2.75) is 109 Å². The molecule has 1 aromatic rings. The molecule has 2 aliphatic heterocycles. The normalized spacial score (nSPS) is 31.2. The molecular formula is C24H38O5. The molecule has 164 valence electrons. The van der Waals surface area contributed by atoms with Gasteiger partial charge in [0.2, 0.25) is 0 Å². The van der Waals surface area contributed by atoms with Crippen LogP contribution in [0.4, 0.5) is 0 Å². The van der Waals surface area contributed by atoms with Crippen molar-refractivity contribution in [2.24, 2.45) is 0 Å². The fourth-order valence-corrected chi connectivity index (χ4v) is 4.43. The minimum Gasteiger partial charge on any atom is -0.496 e. The van der Waals surface area contributed by atoms with Gasteiger partial charge >= 0.3 is 0 Å². The fraction of sp³-hybridized carbons (Fsp3) is 0.750. The highest BCUT2D eigenvalue weighted by molar-refractivity contribution is 5.32. The molecule has 0 bridgehead atoms. The number of fused-ring (bicyclic) bond motifs is 1. The molecule has 2 fully saturated rings. The van der Waals surface area contributed by atoms with Gasteiger partial charge in [0, 0.05) is 18.4 Å². The molecule has 2 aliphatic rings. The molecule has 1 aromatic carbocycles. The Morgan fingerprint density at radius 3 is 2.48 bits per heavy atom. The second-order valence-corrected chi connectivity index (χ2v) is 8.24. The maximum atomic E-state index is 6.58. The Balaban J connectivity index is 1.72. The molecule has 2 heterocycles. The molecule has 0 saturated carbocycles. The van der Waals surface area contributed by atoms with E-state index in [-0.39, 0.29) is 24.6 Å². The second kappa shape index (κ2) is 10.8. The van der Waals surface area contributed by atoms with Gasteiger partial charge < -0.3 is 23.7 Å². The summed E-state index contributed by atoms with van der Waals surface area (Å²) in [4.78, 5) is 0. The Hall–Kier alpha value is -1.14. The lowest BCUT2D eigenvalue weighted by atomic mass is 10.0. The maximum absolute atomic E-state index is 6.58. The van der Waals surface area contributed by atoms with Gasteiger partial charge in [-0.1, -0.05) is 64.7 Å². The quantitative estimate of drug-likeness (QED) is 0.452. The van der Waals surface area contributed by atoms with Crippen LogP contribution in [0, 0.1) is 0 Å². The van der Waals surface area contributed by atoms with Crippen LogP contribution in [0.15, 0.2) is 24.3 Å². The predicted molar refractivity (Wildman–Crippen MR) is 113 cm³/mol. The van der Waals surface area contributed by atoms with Crippen LogP contribution in [0.2, 0.25) is 0 Å². The molecule has 0 radical (unpaired) electrons. The first-order valence-corrected chi connectivity index (χ1v) is 11.4. The van der Waals surface area contributed by atoms with E-state index in [0.29, 0.717) is 6.61 Å². The summed E-state index contributed by atoms with van der Waals surface area (Å²) in [5.74, 6) is 0.321. The summed E-state index contributed by atoms with van der Waals surface area (Å²) in [5.41, 5.74) is 1.04. The first-order valence-electron chi connectivity index (χ1n) is 11.4. The summed E-state index contributed by atoms with van der Waals surface area (Å²) in [6.45, 7) is 7.05. The Labute approximate surface area is 176 Å². The lowest BCUT2D eigenvalue weighted by Gasteiger charge is -2.31. The Kier molecular flexibility index (Phi) is 8.36. The largest absolute Gasteiger partial charge is 0.496 e. The van der Waals surface area contributed by atoms with E-state index >= 15 is 0 Å². The van der Waals surface area contributed by atoms with Crippen molar-refractivity contribution in [3.63, 3.8) is 0 Å². The van der Waals surface area contributed by atoms with Crippen molar-refractivity contribution in [3.8, 4) is 5.75 Å². The van der Waals surface area contributed by atoms with Crippen LogP contribution in [0.1, 0.15) is 77.7 Å². The molecule has 0 aromatic heterocycles.